The Morgan fingerprint density at radius 1 is 1.20 bits per heavy atom. The number of rotatable bonds is 7. The predicted octanol–water partition coefficient (Wildman–Crippen LogP) is 2.93. The summed E-state index contributed by atoms with van der Waals surface area (Å²) in [6.45, 7) is 0.830. The van der Waals surface area contributed by atoms with E-state index >= 15 is 0 Å². The summed E-state index contributed by atoms with van der Waals surface area (Å²) in [5, 5.41) is 2.96. The molecular weight excluding hydrogens is 431 g/mol. The Morgan fingerprint density at radius 3 is 2.72 bits per heavy atom. The molecule has 1 N–H and O–H groups in total. The first-order valence-corrected chi connectivity index (χ1v) is 8.84. The van der Waals surface area contributed by atoms with Gasteiger partial charge in [0, 0.05) is 34.3 Å². The van der Waals surface area contributed by atoms with Gasteiger partial charge in [0.15, 0.2) is 0 Å². The number of hydrogen-bond acceptors (Lipinski definition) is 4. The molecule has 0 saturated carbocycles. The molecule has 0 aliphatic rings. The lowest BCUT2D eigenvalue weighted by molar-refractivity contribution is 0.0942. The van der Waals surface area contributed by atoms with Crippen molar-refractivity contribution in [3.05, 3.63) is 76.6 Å². The number of nitrogens with one attached hydrogen (secondary N) is 1. The highest BCUT2D eigenvalue weighted by atomic mass is 127. The summed E-state index contributed by atoms with van der Waals surface area (Å²) < 4.78 is 8.80. The molecule has 0 aliphatic heterocycles. The molecule has 3 rings (SSSR count). The van der Waals surface area contributed by atoms with Crippen molar-refractivity contribution in [3.63, 3.8) is 0 Å². The van der Waals surface area contributed by atoms with E-state index in [0.29, 0.717) is 24.5 Å². The number of nitrogens with zero attached hydrogens (tertiary/aromatic N) is 3. The molecule has 0 aliphatic carbocycles. The molecule has 2 aromatic heterocycles. The van der Waals surface area contributed by atoms with Crippen molar-refractivity contribution in [2.75, 3.05) is 13.2 Å². The van der Waals surface area contributed by atoms with Crippen molar-refractivity contribution in [1.82, 2.24) is 19.9 Å². The minimum atomic E-state index is -0.108. The largest absolute Gasteiger partial charge is 0.490 e. The van der Waals surface area contributed by atoms with Gasteiger partial charge >= 0.3 is 0 Å². The van der Waals surface area contributed by atoms with Crippen LogP contribution in [0.1, 0.15) is 16.4 Å². The van der Waals surface area contributed by atoms with Crippen molar-refractivity contribution in [2.24, 2.45) is 0 Å². The summed E-state index contributed by atoms with van der Waals surface area (Å²) in [4.78, 5) is 20.4. The smallest absolute Gasteiger partial charge is 0.251 e. The summed E-state index contributed by atoms with van der Waals surface area (Å²) >= 11 is 2.21. The van der Waals surface area contributed by atoms with E-state index in [1.165, 1.54) is 0 Å². The SMILES string of the molecule is O=C(NCC(COc1cccnc1)n1ccnc1)c1ccc(I)cc1. The summed E-state index contributed by atoms with van der Waals surface area (Å²) in [5.41, 5.74) is 0.637. The normalized spacial score (nSPS) is 11.7. The van der Waals surface area contributed by atoms with Crippen molar-refractivity contribution < 1.29 is 9.53 Å². The molecule has 0 radical (unpaired) electrons. The molecule has 1 atom stereocenters. The first-order valence-electron chi connectivity index (χ1n) is 7.76. The number of carbonyl (C=O) groups is 1. The number of pyridine rings is 1. The van der Waals surface area contributed by atoms with Gasteiger partial charge in [-0.05, 0) is 59.0 Å². The third-order valence-corrected chi connectivity index (χ3v) is 4.35. The van der Waals surface area contributed by atoms with Gasteiger partial charge < -0.3 is 14.6 Å². The van der Waals surface area contributed by atoms with Crippen molar-refractivity contribution >= 4 is 28.5 Å². The van der Waals surface area contributed by atoms with E-state index in [9.17, 15) is 4.79 Å². The van der Waals surface area contributed by atoms with Crippen molar-refractivity contribution in [1.29, 1.82) is 0 Å². The second-order valence-electron chi connectivity index (χ2n) is 5.38. The zero-order valence-corrected chi connectivity index (χ0v) is 15.5. The molecule has 6 nitrogen and oxygen atoms in total. The van der Waals surface area contributed by atoms with Gasteiger partial charge in [-0.15, -0.1) is 0 Å². The van der Waals surface area contributed by atoms with Crippen LogP contribution >= 0.6 is 22.6 Å². The van der Waals surface area contributed by atoms with E-state index in [4.69, 9.17) is 4.74 Å². The number of halogens is 1. The molecule has 3 aromatic rings. The molecule has 25 heavy (non-hydrogen) atoms. The summed E-state index contributed by atoms with van der Waals surface area (Å²) in [6, 6.07) is 11.0. The van der Waals surface area contributed by atoms with E-state index in [-0.39, 0.29) is 11.9 Å². The van der Waals surface area contributed by atoms with Crippen molar-refractivity contribution in [3.8, 4) is 5.75 Å². The van der Waals surface area contributed by atoms with Crippen LogP contribution in [0.2, 0.25) is 0 Å². The maximum atomic E-state index is 12.3. The van der Waals surface area contributed by atoms with E-state index < -0.39 is 0 Å². The molecule has 1 unspecified atom stereocenters. The van der Waals surface area contributed by atoms with Crippen molar-refractivity contribution in [2.45, 2.75) is 6.04 Å². The zero-order valence-electron chi connectivity index (χ0n) is 13.4. The van der Waals surface area contributed by atoms with Gasteiger partial charge in [-0.3, -0.25) is 9.78 Å². The van der Waals surface area contributed by atoms with Crippen LogP contribution in [0.25, 0.3) is 0 Å². The number of benzene rings is 1. The first-order chi connectivity index (χ1) is 12.2. The highest BCUT2D eigenvalue weighted by Gasteiger charge is 2.14. The van der Waals surface area contributed by atoms with E-state index in [1.54, 1.807) is 24.9 Å². The molecule has 128 valence electrons. The molecule has 1 amide bonds. The maximum absolute atomic E-state index is 12.3. The molecule has 0 bridgehead atoms. The van der Waals surface area contributed by atoms with Crippen LogP contribution in [0.5, 0.6) is 5.75 Å². The predicted molar refractivity (Wildman–Crippen MR) is 102 cm³/mol. The van der Waals surface area contributed by atoms with Gasteiger partial charge in [0.2, 0.25) is 0 Å². The van der Waals surface area contributed by atoms with E-state index in [2.05, 4.69) is 37.9 Å². The highest BCUT2D eigenvalue weighted by molar-refractivity contribution is 14.1. The van der Waals surface area contributed by atoms with Gasteiger partial charge in [0.05, 0.1) is 18.6 Å². The fourth-order valence-corrected chi connectivity index (χ4v) is 2.63. The van der Waals surface area contributed by atoms with Crippen LogP contribution < -0.4 is 10.1 Å². The molecule has 0 saturated heterocycles. The Bertz CT molecular complexity index is 792. The Balaban J connectivity index is 1.62. The van der Waals surface area contributed by atoms with Crippen LogP contribution in [0.3, 0.4) is 0 Å². The van der Waals surface area contributed by atoms with Gasteiger partial charge in [-0.1, -0.05) is 0 Å². The lowest BCUT2D eigenvalue weighted by Crippen LogP contribution is -2.33. The summed E-state index contributed by atoms with van der Waals surface area (Å²) in [5.74, 6) is 0.583. The van der Waals surface area contributed by atoms with Crippen LogP contribution in [0.4, 0.5) is 0 Å². The summed E-state index contributed by atoms with van der Waals surface area (Å²) in [6.07, 6.45) is 8.64. The zero-order chi connectivity index (χ0) is 17.5. The average Bonchev–Trinajstić information content (AvgIpc) is 3.17. The second kappa shape index (κ2) is 8.61. The van der Waals surface area contributed by atoms with Crippen LogP contribution in [-0.2, 0) is 0 Å². The fourth-order valence-electron chi connectivity index (χ4n) is 2.27. The monoisotopic (exact) mass is 448 g/mol. The average molecular weight is 448 g/mol. The number of imidazole rings is 1. The van der Waals surface area contributed by atoms with Crippen LogP contribution in [-0.4, -0.2) is 33.6 Å². The number of ether oxygens (including phenoxy) is 1. The van der Waals surface area contributed by atoms with E-state index in [1.807, 2.05) is 47.2 Å². The third kappa shape index (κ3) is 5.02. The summed E-state index contributed by atoms with van der Waals surface area (Å²) in [7, 11) is 0. The highest BCUT2D eigenvalue weighted by Crippen LogP contribution is 2.12. The fraction of sp³-hybridized carbons (Fsp3) is 0.167. The standard InChI is InChI=1S/C18H17IN4O2/c19-15-5-3-14(4-6-15)18(24)22-10-16(23-9-8-21-13-23)12-25-17-2-1-7-20-11-17/h1-9,11,13,16H,10,12H2,(H,22,24). The topological polar surface area (TPSA) is 69.0 Å². The molecule has 1 aromatic carbocycles. The van der Waals surface area contributed by atoms with Gasteiger partial charge in [-0.2, -0.15) is 0 Å². The van der Waals surface area contributed by atoms with Crippen LogP contribution in [0, 0.1) is 3.57 Å². The maximum Gasteiger partial charge on any atom is 0.251 e. The minimum absolute atomic E-state index is 0.0736. The quantitative estimate of drug-likeness (QED) is 0.565. The molecular formula is C18H17IN4O2. The van der Waals surface area contributed by atoms with Crippen LogP contribution in [0.15, 0.2) is 67.5 Å². The Labute approximate surface area is 159 Å². The minimum Gasteiger partial charge on any atom is -0.490 e. The molecule has 0 spiro atoms. The van der Waals surface area contributed by atoms with Gasteiger partial charge in [0.25, 0.3) is 5.91 Å². The number of carbonyl (C=O) groups excluding carboxylic acids is 1. The van der Waals surface area contributed by atoms with Gasteiger partial charge in [-0.25, -0.2) is 4.98 Å². The Morgan fingerprint density at radius 2 is 2.04 bits per heavy atom. The lowest BCUT2D eigenvalue weighted by atomic mass is 10.2. The van der Waals surface area contributed by atoms with Gasteiger partial charge in [0.1, 0.15) is 12.4 Å². The first kappa shape index (κ1) is 17.4. The number of hydrogen-bond donors (Lipinski definition) is 1. The van der Waals surface area contributed by atoms with E-state index in [0.717, 1.165) is 3.57 Å². The number of amides is 1. The second-order valence-corrected chi connectivity index (χ2v) is 6.63. The Hall–Kier alpha value is -2.42. The molecule has 7 heteroatoms. The number of aromatic nitrogens is 3. The molecule has 0 fully saturated rings. The lowest BCUT2D eigenvalue weighted by Gasteiger charge is -2.19. The molecule has 2 heterocycles. The Kier molecular flexibility index (Phi) is 5.99. The third-order valence-electron chi connectivity index (χ3n) is 3.63.